The van der Waals surface area contributed by atoms with Crippen LogP contribution < -0.4 is 0 Å². The Balaban J connectivity index is 1.58. The van der Waals surface area contributed by atoms with Crippen LogP contribution in [-0.2, 0) is 32.3 Å². The molecule has 0 saturated heterocycles. The highest BCUT2D eigenvalue weighted by atomic mass is 31.2. The van der Waals surface area contributed by atoms with Gasteiger partial charge in [-0.1, -0.05) is 0 Å². The third kappa shape index (κ3) is 7.27. The van der Waals surface area contributed by atoms with Gasteiger partial charge in [0, 0.05) is 21.3 Å². The summed E-state index contributed by atoms with van der Waals surface area (Å²) < 4.78 is 48.3. The monoisotopic (exact) mass is 434 g/mol. The van der Waals surface area contributed by atoms with Gasteiger partial charge in [0.05, 0.1) is 36.6 Å². The number of phosphoric acid groups is 1. The number of ether oxygens (including phenoxy) is 3. The molecule has 0 aliphatic heterocycles. The Labute approximate surface area is 175 Å². The molecule has 170 valence electrons. The summed E-state index contributed by atoms with van der Waals surface area (Å²) in [4.78, 5) is 0. The molecule has 0 bridgehead atoms. The molecule has 0 unspecified atom stereocenters. The molecule has 0 N–H and O–H groups in total. The molecular weight excluding hydrogens is 395 g/mol. The molecule has 0 aromatic carbocycles. The maximum atomic E-state index is 13.7. The Morgan fingerprint density at radius 2 is 0.655 bits per heavy atom. The minimum absolute atomic E-state index is 0.0992. The molecule has 3 aliphatic rings. The molecule has 3 fully saturated rings. The van der Waals surface area contributed by atoms with Gasteiger partial charge in [0.25, 0.3) is 0 Å². The van der Waals surface area contributed by atoms with Crippen LogP contribution in [0.4, 0.5) is 0 Å². The molecule has 0 aromatic rings. The number of rotatable bonds is 9. The van der Waals surface area contributed by atoms with Gasteiger partial charge in [-0.05, 0) is 77.0 Å². The topological polar surface area (TPSA) is 72.5 Å². The van der Waals surface area contributed by atoms with Gasteiger partial charge in [-0.25, -0.2) is 4.57 Å². The van der Waals surface area contributed by atoms with Crippen LogP contribution >= 0.6 is 7.82 Å². The van der Waals surface area contributed by atoms with E-state index in [1.807, 2.05) is 0 Å². The van der Waals surface area contributed by atoms with Crippen LogP contribution in [0.15, 0.2) is 0 Å². The average molecular weight is 435 g/mol. The molecule has 7 nitrogen and oxygen atoms in total. The number of phosphoric ester groups is 1. The van der Waals surface area contributed by atoms with Crippen LogP contribution in [0.25, 0.3) is 0 Å². The van der Waals surface area contributed by atoms with Gasteiger partial charge in [0.1, 0.15) is 0 Å². The molecule has 29 heavy (non-hydrogen) atoms. The average Bonchev–Trinajstić information content (AvgIpc) is 2.75. The minimum Gasteiger partial charge on any atom is -0.381 e. The first-order valence-corrected chi connectivity index (χ1v) is 12.7. The van der Waals surface area contributed by atoms with E-state index in [-0.39, 0.29) is 36.6 Å². The molecule has 3 saturated carbocycles. The lowest BCUT2D eigenvalue weighted by molar-refractivity contribution is -0.0318. The Bertz CT molecular complexity index is 436. The van der Waals surface area contributed by atoms with Crippen molar-refractivity contribution in [2.45, 2.75) is 114 Å². The fourth-order valence-electron chi connectivity index (χ4n) is 4.74. The lowest BCUT2D eigenvalue weighted by Gasteiger charge is -2.35. The van der Waals surface area contributed by atoms with E-state index >= 15 is 0 Å². The first kappa shape index (κ1) is 23.6. The highest BCUT2D eigenvalue weighted by Gasteiger charge is 2.40. The predicted octanol–water partition coefficient (Wildman–Crippen LogP) is 5.02. The van der Waals surface area contributed by atoms with Crippen molar-refractivity contribution >= 4 is 7.82 Å². The minimum atomic E-state index is -3.63. The zero-order valence-electron chi connectivity index (χ0n) is 18.3. The van der Waals surface area contributed by atoms with E-state index in [4.69, 9.17) is 27.8 Å². The van der Waals surface area contributed by atoms with Crippen molar-refractivity contribution in [3.05, 3.63) is 0 Å². The first-order chi connectivity index (χ1) is 14.0. The maximum Gasteiger partial charge on any atom is 0.475 e. The van der Waals surface area contributed by atoms with Crippen LogP contribution in [0.2, 0.25) is 0 Å². The van der Waals surface area contributed by atoms with Crippen molar-refractivity contribution in [3.63, 3.8) is 0 Å². The molecule has 0 radical (unpaired) electrons. The van der Waals surface area contributed by atoms with E-state index in [1.54, 1.807) is 21.3 Å². The Kier molecular flexibility index (Phi) is 9.43. The Morgan fingerprint density at radius 3 is 0.862 bits per heavy atom. The van der Waals surface area contributed by atoms with E-state index in [0.717, 1.165) is 77.0 Å². The van der Waals surface area contributed by atoms with Crippen LogP contribution in [0.3, 0.4) is 0 Å². The second-order valence-corrected chi connectivity index (χ2v) is 10.2. The molecule has 0 heterocycles. The maximum absolute atomic E-state index is 13.7. The summed E-state index contributed by atoms with van der Waals surface area (Å²) in [5.74, 6) is 0. The Morgan fingerprint density at radius 1 is 0.448 bits per heavy atom. The van der Waals surface area contributed by atoms with Gasteiger partial charge in [-0.15, -0.1) is 0 Å². The molecule has 0 spiro atoms. The predicted molar refractivity (Wildman–Crippen MR) is 110 cm³/mol. The highest BCUT2D eigenvalue weighted by molar-refractivity contribution is 7.48. The molecule has 0 amide bonds. The van der Waals surface area contributed by atoms with E-state index in [0.29, 0.717) is 0 Å². The standard InChI is InChI=1S/C21H39O7P/c1-23-16-4-10-19(11-5-16)26-29(22,27-20-12-6-17(24-2)7-13-20)28-21-14-8-18(25-3)9-15-21/h16-21H,4-15H2,1-3H3. The molecule has 3 rings (SSSR count). The van der Waals surface area contributed by atoms with E-state index in [1.165, 1.54) is 0 Å². The van der Waals surface area contributed by atoms with Gasteiger partial charge in [0.15, 0.2) is 0 Å². The summed E-state index contributed by atoms with van der Waals surface area (Å²) in [6, 6.07) is 0. The SMILES string of the molecule is COC1CCC(OP(=O)(OC2CCC(OC)CC2)OC2CCC(OC)CC2)CC1. The van der Waals surface area contributed by atoms with Gasteiger partial charge in [-0.2, -0.15) is 0 Å². The van der Waals surface area contributed by atoms with Gasteiger partial charge in [0.2, 0.25) is 0 Å². The van der Waals surface area contributed by atoms with Crippen molar-refractivity contribution < 1.29 is 32.3 Å². The molecule has 3 aliphatic carbocycles. The summed E-state index contributed by atoms with van der Waals surface area (Å²) in [5.41, 5.74) is 0. The highest BCUT2D eigenvalue weighted by Crippen LogP contribution is 2.56. The van der Waals surface area contributed by atoms with Crippen LogP contribution in [0.5, 0.6) is 0 Å². The van der Waals surface area contributed by atoms with Gasteiger partial charge < -0.3 is 14.2 Å². The summed E-state index contributed by atoms with van der Waals surface area (Å²) in [6.45, 7) is 0. The largest absolute Gasteiger partial charge is 0.475 e. The smallest absolute Gasteiger partial charge is 0.381 e. The zero-order chi connectivity index (χ0) is 20.7. The Hall–Kier alpha value is -0.0100. The lowest BCUT2D eigenvalue weighted by atomic mass is 9.95. The fraction of sp³-hybridized carbons (Fsp3) is 1.00. The molecular formula is C21H39O7P. The second-order valence-electron chi connectivity index (χ2n) is 8.67. The van der Waals surface area contributed by atoms with E-state index in [2.05, 4.69) is 0 Å². The first-order valence-electron chi connectivity index (χ1n) is 11.3. The van der Waals surface area contributed by atoms with Gasteiger partial charge >= 0.3 is 7.82 Å². The van der Waals surface area contributed by atoms with Gasteiger partial charge in [-0.3, -0.25) is 13.6 Å². The van der Waals surface area contributed by atoms with E-state index < -0.39 is 7.82 Å². The van der Waals surface area contributed by atoms with Crippen molar-refractivity contribution in [1.29, 1.82) is 0 Å². The second kappa shape index (κ2) is 11.6. The normalized spacial score (nSPS) is 38.4. The van der Waals surface area contributed by atoms with Crippen LogP contribution in [0.1, 0.15) is 77.0 Å². The van der Waals surface area contributed by atoms with Crippen molar-refractivity contribution in [3.8, 4) is 0 Å². The number of hydrogen-bond acceptors (Lipinski definition) is 7. The quantitative estimate of drug-likeness (QED) is 0.472. The van der Waals surface area contributed by atoms with Crippen LogP contribution in [0, 0.1) is 0 Å². The summed E-state index contributed by atoms with van der Waals surface area (Å²) in [7, 11) is 1.61. The summed E-state index contributed by atoms with van der Waals surface area (Å²) >= 11 is 0. The molecule has 0 aromatic heterocycles. The zero-order valence-corrected chi connectivity index (χ0v) is 19.1. The molecule has 0 atom stereocenters. The number of hydrogen-bond donors (Lipinski definition) is 0. The lowest BCUT2D eigenvalue weighted by Crippen LogP contribution is -2.30. The van der Waals surface area contributed by atoms with Crippen molar-refractivity contribution in [1.82, 2.24) is 0 Å². The van der Waals surface area contributed by atoms with Crippen molar-refractivity contribution in [2.24, 2.45) is 0 Å². The fourth-order valence-corrected chi connectivity index (χ4v) is 6.62. The third-order valence-corrected chi connectivity index (χ3v) is 8.37. The molecule has 8 heteroatoms. The van der Waals surface area contributed by atoms with Crippen molar-refractivity contribution in [2.75, 3.05) is 21.3 Å². The van der Waals surface area contributed by atoms with E-state index in [9.17, 15) is 4.57 Å². The van der Waals surface area contributed by atoms with Crippen LogP contribution in [-0.4, -0.2) is 58.0 Å². The summed E-state index contributed by atoms with van der Waals surface area (Å²) in [6.07, 6.45) is 10.9. The number of methoxy groups -OCH3 is 3. The third-order valence-electron chi connectivity index (χ3n) is 6.70. The summed E-state index contributed by atoms with van der Waals surface area (Å²) in [5, 5.41) is 0.